The van der Waals surface area contributed by atoms with E-state index in [-0.39, 0.29) is 12.7 Å². The van der Waals surface area contributed by atoms with Gasteiger partial charge in [0, 0.05) is 42.3 Å². The number of pyridine rings is 1. The number of nitrogens with two attached hydrogens (primary N) is 1. The van der Waals surface area contributed by atoms with Crippen molar-refractivity contribution in [2.24, 2.45) is 5.73 Å². The van der Waals surface area contributed by atoms with E-state index >= 15 is 0 Å². The molecule has 0 aliphatic carbocycles. The van der Waals surface area contributed by atoms with Gasteiger partial charge in [-0.3, -0.25) is 4.98 Å². The number of hydrogen-bond acceptors (Lipinski definition) is 5. The van der Waals surface area contributed by atoms with Crippen LogP contribution in [0.1, 0.15) is 17.0 Å². The number of morpholine rings is 1. The summed E-state index contributed by atoms with van der Waals surface area (Å²) in [5.74, 6) is 0. The van der Waals surface area contributed by atoms with Gasteiger partial charge in [-0.2, -0.15) is 0 Å². The molecule has 0 amide bonds. The molecule has 1 saturated heterocycles. The van der Waals surface area contributed by atoms with Crippen LogP contribution in [0, 0.1) is 13.8 Å². The summed E-state index contributed by atoms with van der Waals surface area (Å²) in [7, 11) is 0. The van der Waals surface area contributed by atoms with Crippen LogP contribution in [-0.2, 0) is 11.3 Å². The summed E-state index contributed by atoms with van der Waals surface area (Å²) >= 11 is 0. The van der Waals surface area contributed by atoms with Crippen molar-refractivity contribution < 1.29 is 9.84 Å². The summed E-state index contributed by atoms with van der Waals surface area (Å²) in [6, 6.07) is 2.06. The van der Waals surface area contributed by atoms with Crippen LogP contribution in [0.15, 0.2) is 6.07 Å². The minimum absolute atomic E-state index is 0.0531. The molecule has 2 rings (SSSR count). The Morgan fingerprint density at radius 3 is 3.00 bits per heavy atom. The zero-order valence-electron chi connectivity index (χ0n) is 11.0. The zero-order chi connectivity index (χ0) is 13.1. The highest BCUT2D eigenvalue weighted by atomic mass is 16.5. The summed E-state index contributed by atoms with van der Waals surface area (Å²) in [5, 5.41) is 9.20. The lowest BCUT2D eigenvalue weighted by atomic mass is 10.1. The summed E-state index contributed by atoms with van der Waals surface area (Å²) < 4.78 is 5.47. The molecule has 0 bridgehead atoms. The Kier molecular flexibility index (Phi) is 4.16. The topological polar surface area (TPSA) is 71.6 Å². The van der Waals surface area contributed by atoms with E-state index in [1.165, 1.54) is 0 Å². The number of rotatable bonds is 3. The molecule has 1 aliphatic rings. The van der Waals surface area contributed by atoms with E-state index in [1.54, 1.807) is 0 Å². The van der Waals surface area contributed by atoms with Gasteiger partial charge in [0.05, 0.1) is 19.3 Å². The molecule has 0 spiro atoms. The smallest absolute Gasteiger partial charge is 0.0980 e. The number of aliphatic hydroxyl groups excluding tert-OH is 1. The molecule has 1 aliphatic heterocycles. The first-order chi connectivity index (χ1) is 8.65. The van der Waals surface area contributed by atoms with E-state index in [2.05, 4.69) is 16.0 Å². The first-order valence-corrected chi connectivity index (χ1v) is 6.30. The number of aliphatic hydroxyl groups is 1. The number of ether oxygens (including phenoxy) is 1. The van der Waals surface area contributed by atoms with Crippen LogP contribution in [0.2, 0.25) is 0 Å². The molecule has 0 radical (unpaired) electrons. The highest BCUT2D eigenvalue weighted by molar-refractivity contribution is 5.56. The number of nitrogens with zero attached hydrogens (tertiary/aromatic N) is 2. The van der Waals surface area contributed by atoms with E-state index in [9.17, 15) is 5.11 Å². The second-order valence-electron chi connectivity index (χ2n) is 4.67. The van der Waals surface area contributed by atoms with E-state index < -0.39 is 0 Å². The van der Waals surface area contributed by atoms with Crippen molar-refractivity contribution >= 4 is 5.69 Å². The fourth-order valence-electron chi connectivity index (χ4n) is 2.42. The van der Waals surface area contributed by atoms with Crippen molar-refractivity contribution in [3.8, 4) is 0 Å². The molecule has 1 unspecified atom stereocenters. The summed E-state index contributed by atoms with van der Waals surface area (Å²) in [6.45, 7) is 6.67. The SMILES string of the molecule is Cc1cc(N2CCOC(CO)C2)c(CN)c(C)n1. The van der Waals surface area contributed by atoms with Crippen LogP contribution in [-0.4, -0.2) is 42.5 Å². The van der Waals surface area contributed by atoms with Gasteiger partial charge in [0.15, 0.2) is 0 Å². The maximum atomic E-state index is 9.20. The lowest BCUT2D eigenvalue weighted by Crippen LogP contribution is -2.44. The first-order valence-electron chi connectivity index (χ1n) is 6.30. The highest BCUT2D eigenvalue weighted by Crippen LogP contribution is 2.25. The molecule has 0 saturated carbocycles. The van der Waals surface area contributed by atoms with Gasteiger partial charge in [-0.25, -0.2) is 0 Å². The van der Waals surface area contributed by atoms with Crippen LogP contribution in [0.25, 0.3) is 0 Å². The van der Waals surface area contributed by atoms with Gasteiger partial charge in [0.1, 0.15) is 0 Å². The Hall–Kier alpha value is -1.17. The maximum Gasteiger partial charge on any atom is 0.0980 e. The fraction of sp³-hybridized carbons (Fsp3) is 0.615. The van der Waals surface area contributed by atoms with Crippen molar-refractivity contribution in [1.82, 2.24) is 4.98 Å². The van der Waals surface area contributed by atoms with Crippen molar-refractivity contribution in [1.29, 1.82) is 0 Å². The van der Waals surface area contributed by atoms with Crippen LogP contribution < -0.4 is 10.6 Å². The molecular weight excluding hydrogens is 230 g/mol. The molecule has 2 heterocycles. The van der Waals surface area contributed by atoms with Gasteiger partial charge >= 0.3 is 0 Å². The van der Waals surface area contributed by atoms with Crippen molar-refractivity contribution in [3.05, 3.63) is 23.0 Å². The third-order valence-corrected chi connectivity index (χ3v) is 3.32. The maximum absolute atomic E-state index is 9.20. The lowest BCUT2D eigenvalue weighted by molar-refractivity contribution is 0.00352. The Labute approximate surface area is 108 Å². The largest absolute Gasteiger partial charge is 0.394 e. The van der Waals surface area contributed by atoms with Crippen molar-refractivity contribution in [3.63, 3.8) is 0 Å². The molecule has 18 heavy (non-hydrogen) atoms. The normalized spacial score (nSPS) is 20.2. The van der Waals surface area contributed by atoms with Gasteiger partial charge in [-0.15, -0.1) is 0 Å². The van der Waals surface area contributed by atoms with E-state index in [0.717, 1.165) is 29.2 Å². The highest BCUT2D eigenvalue weighted by Gasteiger charge is 2.22. The Morgan fingerprint density at radius 1 is 1.56 bits per heavy atom. The number of anilines is 1. The predicted octanol–water partition coefficient (Wildman–Crippen LogP) is 0.355. The summed E-state index contributed by atoms with van der Waals surface area (Å²) in [4.78, 5) is 6.68. The molecule has 1 aromatic heterocycles. The Balaban J connectivity index is 2.31. The fourth-order valence-corrected chi connectivity index (χ4v) is 2.42. The van der Waals surface area contributed by atoms with Crippen LogP contribution >= 0.6 is 0 Å². The molecule has 100 valence electrons. The average Bonchev–Trinajstić information content (AvgIpc) is 2.38. The summed E-state index contributed by atoms with van der Waals surface area (Å²) in [6.07, 6.45) is -0.113. The van der Waals surface area contributed by atoms with Crippen molar-refractivity contribution in [2.75, 3.05) is 31.2 Å². The van der Waals surface area contributed by atoms with Crippen LogP contribution in [0.3, 0.4) is 0 Å². The molecule has 1 atom stereocenters. The molecule has 5 heteroatoms. The minimum Gasteiger partial charge on any atom is -0.394 e. The third kappa shape index (κ3) is 2.63. The van der Waals surface area contributed by atoms with Crippen molar-refractivity contribution in [2.45, 2.75) is 26.5 Å². The van der Waals surface area contributed by atoms with Gasteiger partial charge in [-0.1, -0.05) is 0 Å². The van der Waals surface area contributed by atoms with E-state index in [4.69, 9.17) is 10.5 Å². The van der Waals surface area contributed by atoms with Gasteiger partial charge < -0.3 is 20.5 Å². The quantitative estimate of drug-likeness (QED) is 0.811. The lowest BCUT2D eigenvalue weighted by Gasteiger charge is -2.35. The molecule has 0 aromatic carbocycles. The van der Waals surface area contributed by atoms with Gasteiger partial charge in [-0.05, 0) is 19.9 Å². The number of aromatic nitrogens is 1. The van der Waals surface area contributed by atoms with Gasteiger partial charge in [0.2, 0.25) is 0 Å². The van der Waals surface area contributed by atoms with Crippen LogP contribution in [0.4, 0.5) is 5.69 Å². The van der Waals surface area contributed by atoms with E-state index in [1.807, 2.05) is 13.8 Å². The monoisotopic (exact) mass is 251 g/mol. The number of aryl methyl sites for hydroxylation is 2. The standard InChI is InChI=1S/C13H21N3O2/c1-9-5-13(12(6-14)10(2)15-9)16-3-4-18-11(7-16)8-17/h5,11,17H,3-4,6-8,14H2,1-2H3. The Morgan fingerprint density at radius 2 is 2.33 bits per heavy atom. The van der Waals surface area contributed by atoms with Gasteiger partial charge in [0.25, 0.3) is 0 Å². The second-order valence-corrected chi connectivity index (χ2v) is 4.67. The Bertz CT molecular complexity index is 423. The summed E-state index contributed by atoms with van der Waals surface area (Å²) in [5.41, 5.74) is 10.0. The third-order valence-electron chi connectivity index (χ3n) is 3.32. The first kappa shape index (κ1) is 13.3. The second kappa shape index (κ2) is 5.65. The molecular formula is C13H21N3O2. The number of hydrogen-bond donors (Lipinski definition) is 2. The predicted molar refractivity (Wildman–Crippen MR) is 70.6 cm³/mol. The zero-order valence-corrected chi connectivity index (χ0v) is 11.0. The minimum atomic E-state index is -0.113. The molecule has 5 nitrogen and oxygen atoms in total. The molecule has 3 N–H and O–H groups in total. The van der Waals surface area contributed by atoms with Crippen LogP contribution in [0.5, 0.6) is 0 Å². The average molecular weight is 251 g/mol. The molecule has 1 aromatic rings. The molecule has 1 fully saturated rings. The van der Waals surface area contributed by atoms with E-state index in [0.29, 0.717) is 19.7 Å².